The van der Waals surface area contributed by atoms with Gasteiger partial charge in [0.2, 0.25) is 0 Å². The predicted molar refractivity (Wildman–Crippen MR) is 86.2 cm³/mol. The quantitative estimate of drug-likeness (QED) is 0.817. The van der Waals surface area contributed by atoms with E-state index < -0.39 is 0 Å². The van der Waals surface area contributed by atoms with Crippen LogP contribution in [0.1, 0.15) is 35.2 Å². The summed E-state index contributed by atoms with van der Waals surface area (Å²) in [6.07, 6.45) is 4.02. The molecule has 20 heavy (non-hydrogen) atoms. The molecule has 1 aromatic heterocycles. The molecule has 2 nitrogen and oxygen atoms in total. The molecular formula is C16H16FIN2. The van der Waals surface area contributed by atoms with Crippen molar-refractivity contribution in [1.82, 2.24) is 10.3 Å². The van der Waals surface area contributed by atoms with Crippen LogP contribution in [0.25, 0.3) is 0 Å². The lowest BCUT2D eigenvalue weighted by molar-refractivity contribution is 0.467. The summed E-state index contributed by atoms with van der Waals surface area (Å²) < 4.78 is 14.3. The van der Waals surface area contributed by atoms with Crippen LogP contribution in [0, 0.1) is 9.39 Å². The highest BCUT2D eigenvalue weighted by molar-refractivity contribution is 14.1. The van der Waals surface area contributed by atoms with Gasteiger partial charge in [-0.15, -0.1) is 0 Å². The van der Waals surface area contributed by atoms with Crippen molar-refractivity contribution in [3.05, 3.63) is 62.7 Å². The number of aryl methyl sites for hydroxylation is 1. The molecule has 2 atom stereocenters. The Morgan fingerprint density at radius 3 is 3.00 bits per heavy atom. The summed E-state index contributed by atoms with van der Waals surface area (Å²) in [5.41, 5.74) is 3.68. The van der Waals surface area contributed by atoms with E-state index in [0.717, 1.165) is 22.0 Å². The maximum absolute atomic E-state index is 13.3. The normalized spacial score (nSPS) is 18.9. The van der Waals surface area contributed by atoms with Gasteiger partial charge in [0, 0.05) is 27.4 Å². The average Bonchev–Trinajstić information content (AvgIpc) is 2.86. The van der Waals surface area contributed by atoms with Crippen molar-refractivity contribution < 1.29 is 4.39 Å². The average molecular weight is 382 g/mol. The van der Waals surface area contributed by atoms with Crippen LogP contribution >= 0.6 is 22.6 Å². The smallest absolute Gasteiger partial charge is 0.124 e. The number of pyridine rings is 1. The number of benzene rings is 1. The first kappa shape index (κ1) is 13.9. The Balaban J connectivity index is 1.99. The number of hydrogen-bond acceptors (Lipinski definition) is 2. The van der Waals surface area contributed by atoms with Crippen LogP contribution in [0.4, 0.5) is 4.39 Å². The summed E-state index contributed by atoms with van der Waals surface area (Å²) in [7, 11) is 1.96. The van der Waals surface area contributed by atoms with Crippen molar-refractivity contribution in [2.75, 3.05) is 7.05 Å². The van der Waals surface area contributed by atoms with Gasteiger partial charge in [0.25, 0.3) is 0 Å². The minimum absolute atomic E-state index is 0.179. The lowest BCUT2D eigenvalue weighted by atomic mass is 9.91. The number of likely N-dealkylation sites (N-methyl/N-ethyl adjacent to an activating group) is 1. The van der Waals surface area contributed by atoms with Crippen molar-refractivity contribution in [1.29, 1.82) is 0 Å². The summed E-state index contributed by atoms with van der Waals surface area (Å²) in [4.78, 5) is 4.57. The molecule has 1 N–H and O–H groups in total. The second kappa shape index (κ2) is 5.77. The Hall–Kier alpha value is -1.01. The second-order valence-electron chi connectivity index (χ2n) is 5.13. The highest BCUT2D eigenvalue weighted by atomic mass is 127. The third-order valence-corrected chi connectivity index (χ3v) is 4.95. The van der Waals surface area contributed by atoms with E-state index in [4.69, 9.17) is 0 Å². The Morgan fingerprint density at radius 2 is 2.25 bits per heavy atom. The van der Waals surface area contributed by atoms with E-state index in [9.17, 15) is 4.39 Å². The zero-order valence-corrected chi connectivity index (χ0v) is 13.4. The predicted octanol–water partition coefficient (Wildman–Crippen LogP) is 3.82. The van der Waals surface area contributed by atoms with Gasteiger partial charge >= 0.3 is 0 Å². The number of rotatable bonds is 3. The second-order valence-corrected chi connectivity index (χ2v) is 6.29. The maximum Gasteiger partial charge on any atom is 0.124 e. The maximum atomic E-state index is 13.3. The third-order valence-electron chi connectivity index (χ3n) is 4.01. The first-order valence-corrected chi connectivity index (χ1v) is 7.84. The standard InChI is InChI=1S/C16H16FIN2/c1-19-16(12-7-5-11(17)9-14(12)18)13-6-4-10-3-2-8-20-15(10)13/h2-3,5,7-9,13,16,19H,4,6H2,1H3. The first-order valence-electron chi connectivity index (χ1n) is 6.76. The lowest BCUT2D eigenvalue weighted by Crippen LogP contribution is -2.24. The summed E-state index contributed by atoms with van der Waals surface area (Å²) in [6, 6.07) is 9.35. The van der Waals surface area contributed by atoms with E-state index in [0.29, 0.717) is 5.92 Å². The van der Waals surface area contributed by atoms with Crippen LogP contribution in [0.15, 0.2) is 36.5 Å². The molecule has 2 unspecified atom stereocenters. The van der Waals surface area contributed by atoms with Gasteiger partial charge in [0.1, 0.15) is 5.82 Å². The van der Waals surface area contributed by atoms with Gasteiger partial charge in [-0.2, -0.15) is 0 Å². The molecule has 3 rings (SSSR count). The molecule has 1 aromatic carbocycles. The highest BCUT2D eigenvalue weighted by Crippen LogP contribution is 2.41. The van der Waals surface area contributed by atoms with Crippen molar-refractivity contribution in [2.45, 2.75) is 24.8 Å². The third kappa shape index (κ3) is 2.46. The lowest BCUT2D eigenvalue weighted by Gasteiger charge is -2.25. The molecular weight excluding hydrogens is 366 g/mol. The first-order chi connectivity index (χ1) is 9.70. The van der Waals surface area contributed by atoms with Crippen molar-refractivity contribution in [3.63, 3.8) is 0 Å². The van der Waals surface area contributed by atoms with E-state index in [2.05, 4.69) is 39.0 Å². The van der Waals surface area contributed by atoms with Gasteiger partial charge in [-0.1, -0.05) is 12.1 Å². The van der Waals surface area contributed by atoms with Gasteiger partial charge < -0.3 is 5.32 Å². The molecule has 104 valence electrons. The van der Waals surface area contributed by atoms with Crippen molar-refractivity contribution in [3.8, 4) is 0 Å². The van der Waals surface area contributed by atoms with Gasteiger partial charge in [0.15, 0.2) is 0 Å². The molecule has 0 saturated heterocycles. The van der Waals surface area contributed by atoms with Crippen LogP contribution in [0.2, 0.25) is 0 Å². The Morgan fingerprint density at radius 1 is 1.40 bits per heavy atom. The van der Waals surface area contributed by atoms with E-state index >= 15 is 0 Å². The van der Waals surface area contributed by atoms with Crippen molar-refractivity contribution in [2.24, 2.45) is 0 Å². The van der Waals surface area contributed by atoms with Crippen LogP contribution < -0.4 is 5.32 Å². The van der Waals surface area contributed by atoms with E-state index in [-0.39, 0.29) is 11.9 Å². The number of halogens is 2. The Labute approximate surface area is 132 Å². The largest absolute Gasteiger partial charge is 0.312 e. The number of fused-ring (bicyclic) bond motifs is 1. The zero-order chi connectivity index (χ0) is 14.1. The summed E-state index contributed by atoms with van der Waals surface area (Å²) in [5.74, 6) is 0.174. The molecule has 1 heterocycles. The molecule has 0 radical (unpaired) electrons. The molecule has 0 aliphatic heterocycles. The van der Waals surface area contributed by atoms with E-state index in [1.165, 1.54) is 17.3 Å². The van der Waals surface area contributed by atoms with Crippen LogP contribution in [0.5, 0.6) is 0 Å². The summed E-state index contributed by atoms with van der Waals surface area (Å²) in [5, 5.41) is 3.39. The van der Waals surface area contributed by atoms with Gasteiger partial charge in [-0.3, -0.25) is 4.98 Å². The number of hydrogen-bond donors (Lipinski definition) is 1. The fraction of sp³-hybridized carbons (Fsp3) is 0.312. The zero-order valence-electron chi connectivity index (χ0n) is 11.2. The molecule has 0 fully saturated rings. The van der Waals surface area contributed by atoms with Crippen LogP contribution in [0.3, 0.4) is 0 Å². The van der Waals surface area contributed by atoms with Crippen LogP contribution in [-0.4, -0.2) is 12.0 Å². The fourth-order valence-corrected chi connectivity index (χ4v) is 3.91. The summed E-state index contributed by atoms with van der Waals surface area (Å²) in [6.45, 7) is 0. The van der Waals surface area contributed by atoms with Gasteiger partial charge in [0.05, 0.1) is 0 Å². The monoisotopic (exact) mass is 382 g/mol. The molecule has 0 amide bonds. The molecule has 0 saturated carbocycles. The number of aromatic nitrogens is 1. The Kier molecular flexibility index (Phi) is 4.03. The molecule has 1 aliphatic carbocycles. The highest BCUT2D eigenvalue weighted by Gasteiger charge is 2.31. The van der Waals surface area contributed by atoms with Gasteiger partial charge in [-0.05, 0) is 71.8 Å². The Bertz CT molecular complexity index is 630. The number of nitrogens with zero attached hydrogens (tertiary/aromatic N) is 1. The minimum Gasteiger partial charge on any atom is -0.312 e. The molecule has 1 aliphatic rings. The molecule has 4 heteroatoms. The van der Waals surface area contributed by atoms with Crippen LogP contribution in [-0.2, 0) is 6.42 Å². The SMILES string of the molecule is CNC(c1ccc(F)cc1I)C1CCc2cccnc21. The molecule has 0 bridgehead atoms. The minimum atomic E-state index is -0.182. The summed E-state index contributed by atoms with van der Waals surface area (Å²) >= 11 is 2.21. The molecule has 2 aromatic rings. The fourth-order valence-electron chi connectivity index (χ4n) is 3.10. The van der Waals surface area contributed by atoms with Crippen molar-refractivity contribution >= 4 is 22.6 Å². The topological polar surface area (TPSA) is 24.9 Å². The van der Waals surface area contributed by atoms with E-state index in [1.54, 1.807) is 6.07 Å². The number of nitrogens with one attached hydrogen (secondary N) is 1. The van der Waals surface area contributed by atoms with E-state index in [1.807, 2.05) is 25.4 Å². The van der Waals surface area contributed by atoms with Gasteiger partial charge in [-0.25, -0.2) is 4.39 Å². The molecule has 0 spiro atoms.